The Labute approximate surface area is 120 Å². The molecule has 0 amide bonds. The molecule has 0 bridgehead atoms. The molecule has 18 heavy (non-hydrogen) atoms. The summed E-state index contributed by atoms with van der Waals surface area (Å²) in [4.78, 5) is 1.33. The van der Waals surface area contributed by atoms with Crippen LogP contribution >= 0.6 is 24.6 Å². The minimum atomic E-state index is 0.808. The predicted octanol–water partition coefficient (Wildman–Crippen LogP) is 3.65. The highest BCUT2D eigenvalue weighted by Crippen LogP contribution is 2.32. The summed E-state index contributed by atoms with van der Waals surface area (Å²) in [6, 6.07) is 6.29. The Morgan fingerprint density at radius 1 is 1.39 bits per heavy atom. The van der Waals surface area contributed by atoms with E-state index < -0.39 is 0 Å². The lowest BCUT2D eigenvalue weighted by Crippen LogP contribution is -2.29. The lowest BCUT2D eigenvalue weighted by Gasteiger charge is -2.30. The van der Waals surface area contributed by atoms with Crippen LogP contribution in [0.15, 0.2) is 23.1 Å². The number of thiol groups is 1. The molecule has 1 saturated heterocycles. The van der Waals surface area contributed by atoms with E-state index in [1.807, 2.05) is 18.0 Å². The third kappa shape index (κ3) is 3.59. The summed E-state index contributed by atoms with van der Waals surface area (Å²) in [7, 11) is 1.71. The SMILES string of the molecule is COc1ccc(SN2CCC(CS)CC2)c(C)c1. The van der Waals surface area contributed by atoms with Crippen molar-refractivity contribution in [2.24, 2.45) is 5.92 Å². The molecule has 0 spiro atoms. The maximum Gasteiger partial charge on any atom is 0.119 e. The molecule has 1 aromatic carbocycles. The van der Waals surface area contributed by atoms with Gasteiger partial charge in [0, 0.05) is 18.0 Å². The van der Waals surface area contributed by atoms with Crippen LogP contribution in [0.2, 0.25) is 0 Å². The lowest BCUT2D eigenvalue weighted by atomic mass is 10.0. The topological polar surface area (TPSA) is 12.5 Å². The number of piperidine rings is 1. The van der Waals surface area contributed by atoms with E-state index in [2.05, 4.69) is 36.0 Å². The van der Waals surface area contributed by atoms with Crippen LogP contribution in [-0.2, 0) is 0 Å². The van der Waals surface area contributed by atoms with Gasteiger partial charge in [-0.25, -0.2) is 4.31 Å². The zero-order chi connectivity index (χ0) is 13.0. The molecule has 0 radical (unpaired) electrons. The van der Waals surface area contributed by atoms with Gasteiger partial charge in [-0.05, 0) is 67.1 Å². The molecule has 1 heterocycles. The van der Waals surface area contributed by atoms with E-state index in [-0.39, 0.29) is 0 Å². The van der Waals surface area contributed by atoms with Crippen LogP contribution in [-0.4, -0.2) is 30.3 Å². The number of hydrogen-bond donors (Lipinski definition) is 1. The average Bonchev–Trinajstić information content (AvgIpc) is 2.42. The van der Waals surface area contributed by atoms with Crippen LogP contribution in [0.25, 0.3) is 0 Å². The summed E-state index contributed by atoms with van der Waals surface area (Å²) < 4.78 is 7.70. The van der Waals surface area contributed by atoms with Crippen molar-refractivity contribution in [2.75, 3.05) is 26.0 Å². The molecule has 0 aliphatic carbocycles. The van der Waals surface area contributed by atoms with Crippen LogP contribution in [0.1, 0.15) is 18.4 Å². The predicted molar refractivity (Wildman–Crippen MR) is 81.7 cm³/mol. The highest BCUT2D eigenvalue weighted by atomic mass is 32.2. The molecule has 2 rings (SSSR count). The monoisotopic (exact) mass is 283 g/mol. The second-order valence-electron chi connectivity index (χ2n) is 4.78. The van der Waals surface area contributed by atoms with Crippen LogP contribution in [0, 0.1) is 12.8 Å². The molecular weight excluding hydrogens is 262 g/mol. The van der Waals surface area contributed by atoms with Crippen molar-refractivity contribution in [1.82, 2.24) is 4.31 Å². The number of methoxy groups -OCH3 is 1. The van der Waals surface area contributed by atoms with Gasteiger partial charge in [0.25, 0.3) is 0 Å². The van der Waals surface area contributed by atoms with Crippen molar-refractivity contribution in [2.45, 2.75) is 24.7 Å². The third-order valence-electron chi connectivity index (χ3n) is 3.44. The molecule has 1 aliphatic heterocycles. The smallest absolute Gasteiger partial charge is 0.119 e. The fourth-order valence-corrected chi connectivity index (χ4v) is 3.54. The highest BCUT2D eigenvalue weighted by Gasteiger charge is 2.19. The van der Waals surface area contributed by atoms with Crippen molar-refractivity contribution in [3.8, 4) is 5.75 Å². The Morgan fingerprint density at radius 3 is 2.67 bits per heavy atom. The third-order valence-corrected chi connectivity index (χ3v) is 5.24. The standard InChI is InChI=1S/C14H21NOS2/c1-11-9-13(16-2)3-4-14(11)18-15-7-5-12(10-17)6-8-15/h3-4,9,12,17H,5-8,10H2,1-2H3. The number of aryl methyl sites for hydroxylation is 1. The van der Waals surface area contributed by atoms with Gasteiger partial charge in [-0.2, -0.15) is 12.6 Å². The zero-order valence-electron chi connectivity index (χ0n) is 11.1. The van der Waals surface area contributed by atoms with E-state index in [1.54, 1.807) is 7.11 Å². The minimum Gasteiger partial charge on any atom is -0.497 e. The number of rotatable bonds is 4. The van der Waals surface area contributed by atoms with Crippen molar-refractivity contribution >= 4 is 24.6 Å². The summed E-state index contributed by atoms with van der Waals surface area (Å²) in [5, 5.41) is 0. The van der Waals surface area contributed by atoms with E-state index in [0.29, 0.717) is 0 Å². The lowest BCUT2D eigenvalue weighted by molar-refractivity contribution is 0.312. The number of hydrogen-bond acceptors (Lipinski definition) is 4. The fraction of sp³-hybridized carbons (Fsp3) is 0.571. The molecule has 2 nitrogen and oxygen atoms in total. The van der Waals surface area contributed by atoms with E-state index in [1.165, 1.54) is 36.4 Å². The van der Waals surface area contributed by atoms with Crippen LogP contribution in [0.5, 0.6) is 5.75 Å². The maximum atomic E-state index is 5.24. The van der Waals surface area contributed by atoms with E-state index >= 15 is 0 Å². The first-order valence-electron chi connectivity index (χ1n) is 6.41. The van der Waals surface area contributed by atoms with Crippen molar-refractivity contribution < 1.29 is 4.74 Å². The highest BCUT2D eigenvalue weighted by molar-refractivity contribution is 7.97. The molecule has 0 N–H and O–H groups in total. The molecule has 1 aromatic rings. The van der Waals surface area contributed by atoms with Crippen LogP contribution in [0.3, 0.4) is 0 Å². The average molecular weight is 283 g/mol. The molecule has 0 saturated carbocycles. The van der Waals surface area contributed by atoms with Gasteiger partial charge in [-0.1, -0.05) is 0 Å². The minimum absolute atomic E-state index is 0.808. The molecule has 0 atom stereocenters. The maximum absolute atomic E-state index is 5.24. The van der Waals surface area contributed by atoms with E-state index in [9.17, 15) is 0 Å². The summed E-state index contributed by atoms with van der Waals surface area (Å²) in [6.45, 7) is 4.48. The second kappa shape index (κ2) is 6.73. The van der Waals surface area contributed by atoms with Crippen molar-refractivity contribution in [3.05, 3.63) is 23.8 Å². The Hall–Kier alpha value is -0.320. The second-order valence-corrected chi connectivity index (χ2v) is 6.28. The van der Waals surface area contributed by atoms with Gasteiger partial charge >= 0.3 is 0 Å². The molecule has 4 heteroatoms. The van der Waals surface area contributed by atoms with Crippen molar-refractivity contribution in [1.29, 1.82) is 0 Å². The number of ether oxygens (including phenoxy) is 1. The van der Waals surface area contributed by atoms with Gasteiger partial charge < -0.3 is 4.74 Å². The van der Waals surface area contributed by atoms with E-state index in [0.717, 1.165) is 17.4 Å². The molecular formula is C14H21NOS2. The summed E-state index contributed by atoms with van der Waals surface area (Å²) in [5.41, 5.74) is 1.29. The quantitative estimate of drug-likeness (QED) is 0.669. The van der Waals surface area contributed by atoms with Gasteiger partial charge in [-0.15, -0.1) is 0 Å². The number of benzene rings is 1. The van der Waals surface area contributed by atoms with Gasteiger partial charge in [0.05, 0.1) is 7.11 Å². The fourth-order valence-electron chi connectivity index (χ4n) is 2.17. The Kier molecular flexibility index (Phi) is 5.27. The summed E-state index contributed by atoms with van der Waals surface area (Å²) in [6.07, 6.45) is 2.54. The molecule has 0 aromatic heterocycles. The van der Waals surface area contributed by atoms with Gasteiger partial charge in [0.15, 0.2) is 0 Å². The van der Waals surface area contributed by atoms with Gasteiger partial charge in [0.1, 0.15) is 5.75 Å². The van der Waals surface area contributed by atoms with Crippen LogP contribution in [0.4, 0.5) is 0 Å². The molecule has 0 unspecified atom stereocenters. The first-order valence-corrected chi connectivity index (χ1v) is 7.82. The molecule has 1 aliphatic rings. The summed E-state index contributed by atoms with van der Waals surface area (Å²) in [5.74, 6) is 2.77. The molecule has 1 fully saturated rings. The normalized spacial score (nSPS) is 17.9. The zero-order valence-corrected chi connectivity index (χ0v) is 12.8. The Bertz CT molecular complexity index is 389. The van der Waals surface area contributed by atoms with E-state index in [4.69, 9.17) is 4.74 Å². The number of nitrogens with zero attached hydrogens (tertiary/aromatic N) is 1. The van der Waals surface area contributed by atoms with Gasteiger partial charge in [0.2, 0.25) is 0 Å². The first kappa shape index (κ1) is 14.1. The van der Waals surface area contributed by atoms with Gasteiger partial charge in [-0.3, -0.25) is 0 Å². The first-order chi connectivity index (χ1) is 8.72. The van der Waals surface area contributed by atoms with Crippen molar-refractivity contribution in [3.63, 3.8) is 0 Å². The summed E-state index contributed by atoms with van der Waals surface area (Å²) >= 11 is 6.27. The Balaban J connectivity index is 1.94. The largest absolute Gasteiger partial charge is 0.497 e. The van der Waals surface area contributed by atoms with Crippen LogP contribution < -0.4 is 4.74 Å². The molecule has 100 valence electrons. The Morgan fingerprint density at radius 2 is 2.11 bits per heavy atom.